The van der Waals surface area contributed by atoms with Gasteiger partial charge in [-0.3, -0.25) is 4.98 Å². The summed E-state index contributed by atoms with van der Waals surface area (Å²) in [5.41, 5.74) is 3.70. The number of ether oxygens (including phenoxy) is 1. The molecule has 1 fully saturated rings. The Hall–Kier alpha value is -2.59. The van der Waals surface area contributed by atoms with Gasteiger partial charge in [-0.15, -0.1) is 0 Å². The topological polar surface area (TPSA) is 28.6 Å². The van der Waals surface area contributed by atoms with E-state index in [2.05, 4.69) is 77.4 Å². The lowest BCUT2D eigenvalue weighted by Gasteiger charge is -2.25. The molecule has 3 aromatic rings. The van der Waals surface area contributed by atoms with Gasteiger partial charge < -0.3 is 14.5 Å². The number of pyridine rings is 1. The number of hydrogen-bond donors (Lipinski definition) is 0. The zero-order chi connectivity index (χ0) is 18.1. The van der Waals surface area contributed by atoms with Crippen LogP contribution in [0, 0.1) is 0 Å². The molecular formula is C22H25N3O. The zero-order valence-electron chi connectivity index (χ0n) is 15.6. The lowest BCUT2D eigenvalue weighted by Crippen LogP contribution is -2.34. The van der Waals surface area contributed by atoms with E-state index >= 15 is 0 Å². The highest BCUT2D eigenvalue weighted by Crippen LogP contribution is 2.36. The molecule has 4 nitrogen and oxygen atoms in total. The SMILES string of the molecule is COc1ccc([C@@H]2CN(c3ccnc4ccccc34)C[C@H]2N(C)C)cc1. The summed E-state index contributed by atoms with van der Waals surface area (Å²) < 4.78 is 5.32. The van der Waals surface area contributed by atoms with Gasteiger partial charge in [-0.25, -0.2) is 0 Å². The van der Waals surface area contributed by atoms with Crippen molar-refractivity contribution < 1.29 is 4.74 Å². The molecule has 1 aromatic heterocycles. The monoisotopic (exact) mass is 347 g/mol. The molecule has 4 heteroatoms. The van der Waals surface area contributed by atoms with Gasteiger partial charge in [-0.05, 0) is 43.9 Å². The Morgan fingerprint density at radius 1 is 1.00 bits per heavy atom. The lowest BCUT2D eigenvalue weighted by molar-refractivity contribution is 0.292. The third-order valence-electron chi connectivity index (χ3n) is 5.46. The van der Waals surface area contributed by atoms with E-state index in [0.717, 1.165) is 24.4 Å². The van der Waals surface area contributed by atoms with Crippen molar-refractivity contribution in [2.75, 3.05) is 39.2 Å². The number of nitrogens with zero attached hydrogens (tertiary/aromatic N) is 3. The number of rotatable bonds is 4. The van der Waals surface area contributed by atoms with Crippen molar-refractivity contribution in [3.63, 3.8) is 0 Å². The van der Waals surface area contributed by atoms with Gasteiger partial charge in [-0.2, -0.15) is 0 Å². The largest absolute Gasteiger partial charge is 0.497 e. The molecular weight excluding hydrogens is 322 g/mol. The van der Waals surface area contributed by atoms with Crippen LogP contribution in [0.25, 0.3) is 10.9 Å². The molecule has 2 aromatic carbocycles. The van der Waals surface area contributed by atoms with Gasteiger partial charge in [0.05, 0.1) is 12.6 Å². The molecule has 1 aliphatic heterocycles. The molecule has 26 heavy (non-hydrogen) atoms. The molecule has 0 spiro atoms. The second kappa shape index (κ2) is 6.96. The van der Waals surface area contributed by atoms with E-state index in [9.17, 15) is 0 Å². The third-order valence-corrected chi connectivity index (χ3v) is 5.46. The summed E-state index contributed by atoms with van der Waals surface area (Å²) in [6, 6.07) is 19.5. The van der Waals surface area contributed by atoms with Crippen LogP contribution < -0.4 is 9.64 Å². The molecule has 2 atom stereocenters. The number of para-hydroxylation sites is 1. The predicted octanol–water partition coefficient (Wildman–Crippen LogP) is 3.78. The summed E-state index contributed by atoms with van der Waals surface area (Å²) in [6.07, 6.45) is 1.92. The van der Waals surface area contributed by atoms with E-state index in [0.29, 0.717) is 12.0 Å². The summed E-state index contributed by atoms with van der Waals surface area (Å²) >= 11 is 0. The Kier molecular flexibility index (Phi) is 4.51. The highest BCUT2D eigenvalue weighted by molar-refractivity contribution is 5.91. The molecule has 4 rings (SSSR count). The van der Waals surface area contributed by atoms with Gasteiger partial charge >= 0.3 is 0 Å². The minimum Gasteiger partial charge on any atom is -0.497 e. The average molecular weight is 347 g/mol. The summed E-state index contributed by atoms with van der Waals surface area (Å²) in [6.45, 7) is 2.01. The average Bonchev–Trinajstić information content (AvgIpc) is 3.13. The van der Waals surface area contributed by atoms with Gasteiger partial charge in [0.1, 0.15) is 5.75 Å². The van der Waals surface area contributed by atoms with Gasteiger partial charge in [0.15, 0.2) is 0 Å². The predicted molar refractivity (Wildman–Crippen MR) is 107 cm³/mol. The fraction of sp³-hybridized carbons (Fsp3) is 0.318. The van der Waals surface area contributed by atoms with Crippen LogP contribution in [0.4, 0.5) is 5.69 Å². The van der Waals surface area contributed by atoms with Crippen molar-refractivity contribution in [3.05, 3.63) is 66.4 Å². The van der Waals surface area contributed by atoms with Gasteiger partial charge in [0.25, 0.3) is 0 Å². The fourth-order valence-corrected chi connectivity index (χ4v) is 4.04. The molecule has 134 valence electrons. The summed E-state index contributed by atoms with van der Waals surface area (Å²) in [5.74, 6) is 1.37. The first-order valence-electron chi connectivity index (χ1n) is 9.06. The van der Waals surface area contributed by atoms with E-state index < -0.39 is 0 Å². The number of methoxy groups -OCH3 is 1. The first-order chi connectivity index (χ1) is 12.7. The lowest BCUT2D eigenvalue weighted by atomic mass is 9.93. The number of fused-ring (bicyclic) bond motifs is 1. The van der Waals surface area contributed by atoms with Crippen LogP contribution in [0.3, 0.4) is 0 Å². The molecule has 0 amide bonds. The Morgan fingerprint density at radius 2 is 1.77 bits per heavy atom. The molecule has 0 unspecified atom stereocenters. The van der Waals surface area contributed by atoms with Crippen molar-refractivity contribution in [1.29, 1.82) is 0 Å². The van der Waals surface area contributed by atoms with Crippen molar-refractivity contribution in [1.82, 2.24) is 9.88 Å². The minimum absolute atomic E-state index is 0.461. The van der Waals surface area contributed by atoms with Crippen LogP contribution in [-0.2, 0) is 0 Å². The molecule has 2 heterocycles. The van der Waals surface area contributed by atoms with Crippen LogP contribution in [0.2, 0.25) is 0 Å². The van der Waals surface area contributed by atoms with Crippen molar-refractivity contribution in [2.45, 2.75) is 12.0 Å². The van der Waals surface area contributed by atoms with Crippen LogP contribution in [0.5, 0.6) is 5.75 Å². The van der Waals surface area contributed by atoms with Crippen LogP contribution in [-0.4, -0.2) is 50.2 Å². The first kappa shape index (κ1) is 16.9. The molecule has 0 N–H and O–H groups in total. The Labute approximate surface area is 155 Å². The van der Waals surface area contributed by atoms with Crippen molar-refractivity contribution in [2.24, 2.45) is 0 Å². The highest BCUT2D eigenvalue weighted by atomic mass is 16.5. The summed E-state index contributed by atoms with van der Waals surface area (Å²) in [5, 5.41) is 1.22. The van der Waals surface area contributed by atoms with E-state index in [4.69, 9.17) is 4.74 Å². The van der Waals surface area contributed by atoms with Crippen LogP contribution >= 0.6 is 0 Å². The maximum Gasteiger partial charge on any atom is 0.118 e. The van der Waals surface area contributed by atoms with Crippen LogP contribution in [0.1, 0.15) is 11.5 Å². The second-order valence-electron chi connectivity index (χ2n) is 7.16. The van der Waals surface area contributed by atoms with E-state index in [-0.39, 0.29) is 0 Å². The Balaban J connectivity index is 1.69. The van der Waals surface area contributed by atoms with E-state index in [1.807, 2.05) is 12.3 Å². The summed E-state index contributed by atoms with van der Waals surface area (Å²) in [4.78, 5) is 9.36. The van der Waals surface area contributed by atoms with Crippen molar-refractivity contribution in [3.8, 4) is 5.75 Å². The molecule has 0 bridgehead atoms. The maximum absolute atomic E-state index is 5.32. The maximum atomic E-state index is 5.32. The third kappa shape index (κ3) is 3.01. The number of benzene rings is 2. The van der Waals surface area contributed by atoms with E-state index in [1.54, 1.807) is 7.11 Å². The normalized spacial score (nSPS) is 20.1. The number of hydrogen-bond acceptors (Lipinski definition) is 4. The zero-order valence-corrected chi connectivity index (χ0v) is 15.6. The molecule has 0 radical (unpaired) electrons. The molecule has 0 saturated carbocycles. The number of aromatic nitrogens is 1. The molecule has 1 saturated heterocycles. The van der Waals surface area contributed by atoms with Gasteiger partial charge in [0.2, 0.25) is 0 Å². The van der Waals surface area contributed by atoms with E-state index in [1.165, 1.54) is 16.6 Å². The smallest absolute Gasteiger partial charge is 0.118 e. The fourth-order valence-electron chi connectivity index (χ4n) is 4.04. The summed E-state index contributed by atoms with van der Waals surface area (Å²) in [7, 11) is 6.06. The second-order valence-corrected chi connectivity index (χ2v) is 7.16. The molecule has 1 aliphatic rings. The quantitative estimate of drug-likeness (QED) is 0.718. The minimum atomic E-state index is 0.461. The van der Waals surface area contributed by atoms with Gasteiger partial charge in [-0.1, -0.05) is 30.3 Å². The van der Waals surface area contributed by atoms with Crippen LogP contribution in [0.15, 0.2) is 60.8 Å². The Morgan fingerprint density at radius 3 is 2.50 bits per heavy atom. The van der Waals surface area contributed by atoms with Gasteiger partial charge in [0, 0.05) is 42.3 Å². The highest BCUT2D eigenvalue weighted by Gasteiger charge is 2.35. The Bertz CT molecular complexity index is 886. The standard InChI is InChI=1S/C22H25N3O/c1-24(2)22-15-25(14-19(22)16-8-10-17(26-3)11-9-16)21-12-13-23-20-7-5-4-6-18(20)21/h4-13,19,22H,14-15H2,1-3H3/t19-,22+/m0/s1. The first-order valence-corrected chi connectivity index (χ1v) is 9.06. The number of anilines is 1. The van der Waals surface area contributed by atoms with Crippen molar-refractivity contribution >= 4 is 16.6 Å². The number of likely N-dealkylation sites (N-methyl/N-ethyl adjacent to an activating group) is 1. The molecule has 0 aliphatic carbocycles.